The lowest BCUT2D eigenvalue weighted by Gasteiger charge is -2.34. The van der Waals surface area contributed by atoms with E-state index in [9.17, 15) is 19.2 Å². The fourth-order valence-electron chi connectivity index (χ4n) is 4.01. The SMILES string of the molecule is CCCCCCCCN(C(=O)C(CCSC)NC(=O)OC(C)(C)C)C(C(=O)NCC(=O)OC)c1ccccc1. The van der Waals surface area contributed by atoms with E-state index in [-0.39, 0.29) is 12.5 Å². The number of nitrogens with one attached hydrogen (secondary N) is 2. The van der Waals surface area contributed by atoms with Crippen molar-refractivity contribution < 1.29 is 28.7 Å². The third-order valence-electron chi connectivity index (χ3n) is 5.95. The van der Waals surface area contributed by atoms with Crippen molar-refractivity contribution in [3.63, 3.8) is 0 Å². The molecule has 39 heavy (non-hydrogen) atoms. The number of rotatable bonds is 17. The highest BCUT2D eigenvalue weighted by Crippen LogP contribution is 2.24. The molecule has 1 aromatic rings. The van der Waals surface area contributed by atoms with Crippen molar-refractivity contribution in [2.24, 2.45) is 0 Å². The summed E-state index contributed by atoms with van der Waals surface area (Å²) in [6.07, 6.45) is 7.65. The summed E-state index contributed by atoms with van der Waals surface area (Å²) in [4.78, 5) is 53.6. The second kappa shape index (κ2) is 18.5. The zero-order valence-corrected chi connectivity index (χ0v) is 25.2. The molecule has 2 unspecified atom stereocenters. The van der Waals surface area contributed by atoms with E-state index in [0.29, 0.717) is 30.7 Å². The first-order valence-corrected chi connectivity index (χ1v) is 15.1. The molecule has 0 spiro atoms. The Bertz CT molecular complexity index is 891. The highest BCUT2D eigenvalue weighted by molar-refractivity contribution is 7.98. The molecule has 3 amide bonds. The number of ether oxygens (including phenoxy) is 2. The van der Waals surface area contributed by atoms with E-state index in [1.54, 1.807) is 56.8 Å². The molecule has 2 atom stereocenters. The molecule has 220 valence electrons. The van der Waals surface area contributed by atoms with E-state index in [4.69, 9.17) is 4.74 Å². The average molecular weight is 566 g/mol. The summed E-state index contributed by atoms with van der Waals surface area (Å²) < 4.78 is 10.1. The predicted octanol–water partition coefficient (Wildman–Crippen LogP) is 4.85. The van der Waals surface area contributed by atoms with Crippen molar-refractivity contribution >= 4 is 35.6 Å². The molecular formula is C29H47N3O6S. The monoisotopic (exact) mass is 565 g/mol. The van der Waals surface area contributed by atoms with Gasteiger partial charge in [-0.25, -0.2) is 4.79 Å². The molecular weight excluding hydrogens is 518 g/mol. The van der Waals surface area contributed by atoms with Gasteiger partial charge in [0.2, 0.25) is 11.8 Å². The minimum atomic E-state index is -0.990. The quantitative estimate of drug-likeness (QED) is 0.205. The molecule has 0 bridgehead atoms. The molecule has 0 fully saturated rings. The second-order valence-corrected chi connectivity index (χ2v) is 11.4. The van der Waals surface area contributed by atoms with Gasteiger partial charge >= 0.3 is 12.1 Å². The first-order chi connectivity index (χ1) is 18.5. The summed E-state index contributed by atoms with van der Waals surface area (Å²) in [5.41, 5.74) is -0.115. The molecule has 0 aromatic heterocycles. The normalized spacial score (nSPS) is 12.7. The summed E-state index contributed by atoms with van der Waals surface area (Å²) >= 11 is 1.56. The van der Waals surface area contributed by atoms with Crippen LogP contribution in [0.4, 0.5) is 4.79 Å². The molecule has 0 radical (unpaired) electrons. The lowest BCUT2D eigenvalue weighted by Crippen LogP contribution is -2.53. The number of hydrogen-bond acceptors (Lipinski definition) is 7. The van der Waals surface area contributed by atoms with Gasteiger partial charge in [-0.15, -0.1) is 0 Å². The molecule has 0 aliphatic heterocycles. The molecule has 9 nitrogen and oxygen atoms in total. The Balaban J connectivity index is 3.35. The number of benzene rings is 1. The number of carbonyl (C=O) groups is 4. The number of nitrogens with zero attached hydrogens (tertiary/aromatic N) is 1. The summed E-state index contributed by atoms with van der Waals surface area (Å²) in [5, 5.41) is 5.36. The smallest absolute Gasteiger partial charge is 0.408 e. The van der Waals surface area contributed by atoms with Gasteiger partial charge in [0.1, 0.15) is 24.2 Å². The molecule has 0 heterocycles. The van der Waals surface area contributed by atoms with E-state index in [0.717, 1.165) is 32.1 Å². The van der Waals surface area contributed by atoms with Crippen LogP contribution in [0.25, 0.3) is 0 Å². The van der Waals surface area contributed by atoms with Gasteiger partial charge in [0.15, 0.2) is 0 Å². The van der Waals surface area contributed by atoms with Gasteiger partial charge in [0.05, 0.1) is 7.11 Å². The van der Waals surface area contributed by atoms with Gasteiger partial charge in [-0.2, -0.15) is 11.8 Å². The van der Waals surface area contributed by atoms with Crippen LogP contribution in [0.5, 0.6) is 0 Å². The Morgan fingerprint density at radius 1 is 1.00 bits per heavy atom. The van der Waals surface area contributed by atoms with Crippen LogP contribution in [0.1, 0.15) is 84.2 Å². The van der Waals surface area contributed by atoms with Crippen LogP contribution in [0, 0.1) is 0 Å². The third kappa shape index (κ3) is 13.7. The maximum absolute atomic E-state index is 14.1. The lowest BCUT2D eigenvalue weighted by atomic mass is 10.0. The van der Waals surface area contributed by atoms with Crippen LogP contribution in [0.3, 0.4) is 0 Å². The summed E-state index contributed by atoms with van der Waals surface area (Å²) in [7, 11) is 1.25. The zero-order chi connectivity index (χ0) is 29.3. The molecule has 0 saturated carbocycles. The number of thioether (sulfide) groups is 1. The van der Waals surface area contributed by atoms with Gasteiger partial charge in [-0.05, 0) is 51.2 Å². The molecule has 2 N–H and O–H groups in total. The third-order valence-corrected chi connectivity index (χ3v) is 6.59. The number of carbonyl (C=O) groups excluding carboxylic acids is 4. The van der Waals surface area contributed by atoms with Gasteiger partial charge in [0, 0.05) is 6.54 Å². The standard InChI is InChI=1S/C29H47N3O6S/c1-7-8-9-10-11-15-19-32(27(35)23(18-20-39-6)31-28(36)38-29(2,3)4)25(22-16-13-12-14-17-22)26(34)30-21-24(33)37-5/h12-14,16-17,23,25H,7-11,15,18-21H2,1-6H3,(H,30,34)(H,31,36). The highest BCUT2D eigenvalue weighted by Gasteiger charge is 2.36. The Labute approximate surface area is 238 Å². The largest absolute Gasteiger partial charge is 0.468 e. The van der Waals surface area contributed by atoms with Crippen molar-refractivity contribution in [1.82, 2.24) is 15.5 Å². The average Bonchev–Trinajstić information content (AvgIpc) is 2.89. The predicted molar refractivity (Wildman–Crippen MR) is 155 cm³/mol. The Morgan fingerprint density at radius 3 is 2.23 bits per heavy atom. The first-order valence-electron chi connectivity index (χ1n) is 13.7. The van der Waals surface area contributed by atoms with E-state index >= 15 is 0 Å². The Morgan fingerprint density at radius 2 is 1.64 bits per heavy atom. The molecule has 1 aromatic carbocycles. The fourth-order valence-corrected chi connectivity index (χ4v) is 4.48. The van der Waals surface area contributed by atoms with Crippen LogP contribution in [-0.2, 0) is 23.9 Å². The topological polar surface area (TPSA) is 114 Å². The van der Waals surface area contributed by atoms with Gasteiger partial charge < -0.3 is 25.0 Å². The van der Waals surface area contributed by atoms with Crippen LogP contribution < -0.4 is 10.6 Å². The minimum absolute atomic E-state index is 0.316. The highest BCUT2D eigenvalue weighted by atomic mass is 32.2. The molecule has 0 saturated heterocycles. The van der Waals surface area contributed by atoms with E-state index < -0.39 is 35.7 Å². The number of esters is 1. The van der Waals surface area contributed by atoms with Gasteiger partial charge in [0.25, 0.3) is 0 Å². The number of methoxy groups -OCH3 is 1. The summed E-state index contributed by atoms with van der Waals surface area (Å²) in [5.74, 6) is -0.826. The molecule has 1 rings (SSSR count). The van der Waals surface area contributed by atoms with Crippen molar-refractivity contribution in [3.8, 4) is 0 Å². The number of amides is 3. The van der Waals surface area contributed by atoms with Gasteiger partial charge in [-0.3, -0.25) is 14.4 Å². The Kier molecular flexibility index (Phi) is 16.3. The van der Waals surface area contributed by atoms with E-state index in [1.807, 2.05) is 12.3 Å². The maximum Gasteiger partial charge on any atom is 0.408 e. The number of alkyl carbamates (subject to hydrolysis) is 1. The van der Waals surface area contributed by atoms with Crippen molar-refractivity contribution in [3.05, 3.63) is 35.9 Å². The molecule has 10 heteroatoms. The number of unbranched alkanes of at least 4 members (excludes halogenated alkanes) is 5. The van der Waals surface area contributed by atoms with E-state index in [1.165, 1.54) is 12.0 Å². The zero-order valence-electron chi connectivity index (χ0n) is 24.4. The van der Waals surface area contributed by atoms with Crippen LogP contribution in [-0.4, -0.2) is 72.6 Å². The Hall–Kier alpha value is -2.75. The minimum Gasteiger partial charge on any atom is -0.468 e. The lowest BCUT2D eigenvalue weighted by molar-refractivity contribution is -0.144. The number of hydrogen-bond donors (Lipinski definition) is 2. The summed E-state index contributed by atoms with van der Waals surface area (Å²) in [6.45, 7) is 7.43. The van der Waals surface area contributed by atoms with Crippen molar-refractivity contribution in [2.45, 2.75) is 90.3 Å². The molecule has 0 aliphatic carbocycles. The van der Waals surface area contributed by atoms with E-state index in [2.05, 4.69) is 22.3 Å². The van der Waals surface area contributed by atoms with Crippen LogP contribution >= 0.6 is 11.8 Å². The summed E-state index contributed by atoms with van der Waals surface area (Å²) in [6, 6.07) is 7.12. The van der Waals surface area contributed by atoms with Crippen molar-refractivity contribution in [2.75, 3.05) is 32.2 Å². The van der Waals surface area contributed by atoms with Gasteiger partial charge in [-0.1, -0.05) is 69.4 Å². The van der Waals surface area contributed by atoms with Crippen molar-refractivity contribution in [1.29, 1.82) is 0 Å². The fraction of sp³-hybridized carbons (Fsp3) is 0.655. The second-order valence-electron chi connectivity index (χ2n) is 10.4. The van der Waals surface area contributed by atoms with Crippen LogP contribution in [0.15, 0.2) is 30.3 Å². The maximum atomic E-state index is 14.1. The first kappa shape index (κ1) is 34.3. The molecule has 0 aliphatic rings. The van der Waals surface area contributed by atoms with Crippen LogP contribution in [0.2, 0.25) is 0 Å².